The minimum atomic E-state index is 0.510. The SMILES string of the molecule is C=C(C)c1cn(C)c(COCCc2nn(C)cc2C)n1. The summed E-state index contributed by atoms with van der Waals surface area (Å²) in [5, 5.41) is 4.40. The zero-order valence-corrected chi connectivity index (χ0v) is 12.7. The van der Waals surface area contributed by atoms with Crippen LogP contribution < -0.4 is 0 Å². The zero-order valence-electron chi connectivity index (χ0n) is 12.7. The van der Waals surface area contributed by atoms with Gasteiger partial charge in [-0.25, -0.2) is 4.98 Å². The van der Waals surface area contributed by atoms with Gasteiger partial charge >= 0.3 is 0 Å². The Morgan fingerprint density at radius 1 is 1.35 bits per heavy atom. The van der Waals surface area contributed by atoms with Crippen LogP contribution in [0.5, 0.6) is 0 Å². The summed E-state index contributed by atoms with van der Waals surface area (Å²) in [5.74, 6) is 0.917. The van der Waals surface area contributed by atoms with Gasteiger partial charge in [0.1, 0.15) is 12.4 Å². The van der Waals surface area contributed by atoms with E-state index in [2.05, 4.69) is 23.6 Å². The van der Waals surface area contributed by atoms with Crippen LogP contribution in [0.15, 0.2) is 19.0 Å². The van der Waals surface area contributed by atoms with Crippen molar-refractivity contribution in [1.29, 1.82) is 0 Å². The summed E-state index contributed by atoms with van der Waals surface area (Å²) >= 11 is 0. The quantitative estimate of drug-likeness (QED) is 0.759. The van der Waals surface area contributed by atoms with Crippen molar-refractivity contribution in [2.75, 3.05) is 6.61 Å². The lowest BCUT2D eigenvalue weighted by Gasteiger charge is -2.03. The molecule has 0 fully saturated rings. The second-order valence-electron chi connectivity index (χ2n) is 5.17. The largest absolute Gasteiger partial charge is 0.373 e. The molecule has 0 atom stereocenters. The number of aryl methyl sites for hydroxylation is 3. The van der Waals surface area contributed by atoms with Gasteiger partial charge in [0.05, 0.1) is 18.0 Å². The molecule has 0 saturated heterocycles. The summed E-state index contributed by atoms with van der Waals surface area (Å²) in [5.41, 5.74) is 4.19. The molecular formula is C15H22N4O. The lowest BCUT2D eigenvalue weighted by Crippen LogP contribution is -2.05. The molecule has 5 nitrogen and oxygen atoms in total. The molecule has 2 rings (SSSR count). The molecule has 2 aromatic heterocycles. The first-order chi connectivity index (χ1) is 9.47. The molecule has 0 spiro atoms. The van der Waals surface area contributed by atoms with Crippen LogP contribution in [0.1, 0.15) is 29.7 Å². The smallest absolute Gasteiger partial charge is 0.135 e. The summed E-state index contributed by atoms with van der Waals surface area (Å²) in [6.07, 6.45) is 4.82. The average Bonchev–Trinajstić information content (AvgIpc) is 2.89. The van der Waals surface area contributed by atoms with Crippen molar-refractivity contribution in [3.8, 4) is 0 Å². The van der Waals surface area contributed by atoms with Crippen molar-refractivity contribution < 1.29 is 4.74 Å². The van der Waals surface area contributed by atoms with Crippen LogP contribution in [0.2, 0.25) is 0 Å². The van der Waals surface area contributed by atoms with Gasteiger partial charge in [-0.05, 0) is 25.0 Å². The Morgan fingerprint density at radius 2 is 2.10 bits per heavy atom. The van der Waals surface area contributed by atoms with Gasteiger partial charge in [0.25, 0.3) is 0 Å². The van der Waals surface area contributed by atoms with Gasteiger partial charge in [-0.15, -0.1) is 0 Å². The highest BCUT2D eigenvalue weighted by molar-refractivity contribution is 5.57. The maximum absolute atomic E-state index is 5.70. The lowest BCUT2D eigenvalue weighted by atomic mass is 10.2. The highest BCUT2D eigenvalue weighted by Gasteiger charge is 2.07. The Kier molecular flexibility index (Phi) is 4.39. The van der Waals surface area contributed by atoms with Crippen LogP contribution in [-0.4, -0.2) is 25.9 Å². The number of hydrogen-bond acceptors (Lipinski definition) is 3. The number of nitrogens with zero attached hydrogens (tertiary/aromatic N) is 4. The molecule has 0 radical (unpaired) electrons. The summed E-state index contributed by atoms with van der Waals surface area (Å²) in [4.78, 5) is 4.49. The van der Waals surface area contributed by atoms with Crippen molar-refractivity contribution in [3.63, 3.8) is 0 Å². The fourth-order valence-corrected chi connectivity index (χ4v) is 2.08. The number of ether oxygens (including phenoxy) is 1. The first-order valence-electron chi connectivity index (χ1n) is 6.72. The van der Waals surface area contributed by atoms with Gasteiger partial charge in [-0.2, -0.15) is 5.10 Å². The Morgan fingerprint density at radius 3 is 2.65 bits per heavy atom. The molecule has 2 heterocycles. The molecule has 0 saturated carbocycles. The van der Waals surface area contributed by atoms with E-state index >= 15 is 0 Å². The number of imidazole rings is 1. The minimum absolute atomic E-state index is 0.510. The third kappa shape index (κ3) is 3.36. The monoisotopic (exact) mass is 274 g/mol. The fourth-order valence-electron chi connectivity index (χ4n) is 2.08. The Labute approximate surface area is 119 Å². The highest BCUT2D eigenvalue weighted by Crippen LogP contribution is 2.11. The third-order valence-corrected chi connectivity index (χ3v) is 3.24. The van der Waals surface area contributed by atoms with Gasteiger partial charge in [0.2, 0.25) is 0 Å². The van der Waals surface area contributed by atoms with Crippen molar-refractivity contribution in [3.05, 3.63) is 41.7 Å². The van der Waals surface area contributed by atoms with E-state index in [-0.39, 0.29) is 0 Å². The number of hydrogen-bond donors (Lipinski definition) is 0. The van der Waals surface area contributed by atoms with Crippen LogP contribution in [0, 0.1) is 6.92 Å². The normalized spacial score (nSPS) is 11.0. The Hall–Kier alpha value is -1.88. The first kappa shape index (κ1) is 14.5. The van der Waals surface area contributed by atoms with Crippen LogP contribution >= 0.6 is 0 Å². The van der Waals surface area contributed by atoms with Crippen LogP contribution in [-0.2, 0) is 31.9 Å². The third-order valence-electron chi connectivity index (χ3n) is 3.24. The molecule has 0 amide bonds. The average molecular weight is 274 g/mol. The van der Waals surface area contributed by atoms with Gasteiger partial charge in [-0.3, -0.25) is 4.68 Å². The summed E-state index contributed by atoms with van der Waals surface area (Å²) in [6.45, 7) is 9.08. The molecule has 0 unspecified atom stereocenters. The predicted molar refractivity (Wildman–Crippen MR) is 79.2 cm³/mol. The van der Waals surface area contributed by atoms with Gasteiger partial charge in [0, 0.05) is 32.9 Å². The molecule has 2 aromatic rings. The van der Waals surface area contributed by atoms with E-state index in [9.17, 15) is 0 Å². The molecule has 0 N–H and O–H groups in total. The Bertz CT molecular complexity index is 609. The van der Waals surface area contributed by atoms with Gasteiger partial charge in [-0.1, -0.05) is 6.58 Å². The highest BCUT2D eigenvalue weighted by atomic mass is 16.5. The van der Waals surface area contributed by atoms with E-state index in [4.69, 9.17) is 4.74 Å². The molecule has 0 aromatic carbocycles. The molecule has 0 aliphatic heterocycles. The van der Waals surface area contributed by atoms with E-state index in [0.29, 0.717) is 13.2 Å². The molecule has 0 bridgehead atoms. The van der Waals surface area contributed by atoms with E-state index in [1.807, 2.05) is 42.7 Å². The fraction of sp³-hybridized carbons (Fsp3) is 0.467. The standard InChI is InChI=1S/C15H22N4O/c1-11(2)14-9-18(4)15(16-14)10-20-7-6-13-12(3)8-19(5)17-13/h8-9H,1,6-7,10H2,2-5H3. The minimum Gasteiger partial charge on any atom is -0.373 e. The number of allylic oxidation sites excluding steroid dienone is 1. The van der Waals surface area contributed by atoms with Crippen LogP contribution in [0.4, 0.5) is 0 Å². The van der Waals surface area contributed by atoms with Crippen molar-refractivity contribution in [1.82, 2.24) is 19.3 Å². The van der Waals surface area contributed by atoms with Gasteiger partial charge < -0.3 is 9.30 Å². The molecule has 20 heavy (non-hydrogen) atoms. The second-order valence-corrected chi connectivity index (χ2v) is 5.17. The topological polar surface area (TPSA) is 44.9 Å². The first-order valence-corrected chi connectivity index (χ1v) is 6.72. The number of rotatable bonds is 6. The van der Waals surface area contributed by atoms with Crippen LogP contribution in [0.25, 0.3) is 5.57 Å². The number of aromatic nitrogens is 4. The zero-order chi connectivity index (χ0) is 14.7. The molecule has 108 valence electrons. The van der Waals surface area contributed by atoms with Crippen molar-refractivity contribution in [2.24, 2.45) is 14.1 Å². The van der Waals surface area contributed by atoms with Crippen LogP contribution in [0.3, 0.4) is 0 Å². The van der Waals surface area contributed by atoms with E-state index in [1.54, 1.807) is 0 Å². The Balaban J connectivity index is 1.84. The summed E-state index contributed by atoms with van der Waals surface area (Å²) in [6, 6.07) is 0. The molecular weight excluding hydrogens is 252 g/mol. The second kappa shape index (κ2) is 6.05. The van der Waals surface area contributed by atoms with Crippen molar-refractivity contribution in [2.45, 2.75) is 26.9 Å². The van der Waals surface area contributed by atoms with Crippen molar-refractivity contribution >= 4 is 5.57 Å². The van der Waals surface area contributed by atoms with Gasteiger partial charge in [0.15, 0.2) is 0 Å². The summed E-state index contributed by atoms with van der Waals surface area (Å²) in [7, 11) is 3.91. The lowest BCUT2D eigenvalue weighted by molar-refractivity contribution is 0.116. The predicted octanol–water partition coefficient (Wildman–Crippen LogP) is 2.25. The van der Waals surface area contributed by atoms with E-state index in [0.717, 1.165) is 29.2 Å². The van der Waals surface area contributed by atoms with E-state index < -0.39 is 0 Å². The molecule has 0 aliphatic rings. The summed E-state index contributed by atoms with van der Waals surface area (Å²) < 4.78 is 9.52. The molecule has 5 heteroatoms. The van der Waals surface area contributed by atoms with E-state index in [1.165, 1.54) is 5.56 Å². The maximum atomic E-state index is 5.70. The maximum Gasteiger partial charge on any atom is 0.135 e. The molecule has 0 aliphatic carbocycles.